The Balaban J connectivity index is 2.47. The number of nitrogen functional groups attached to an aromatic ring is 1. The molecule has 21 heavy (non-hydrogen) atoms. The fraction of sp³-hybridized carbons (Fsp3) is 0.0714. The molecule has 2 rings (SSSR count). The number of hydrogen-bond donors (Lipinski definition) is 3. The van der Waals surface area contributed by atoms with Gasteiger partial charge in [-0.05, 0) is 56.1 Å². The van der Waals surface area contributed by atoms with Gasteiger partial charge in [0.05, 0.1) is 28.5 Å². The minimum Gasteiger partial charge on any atom is -0.495 e. The van der Waals surface area contributed by atoms with Crippen molar-refractivity contribution in [2.24, 2.45) is 0 Å². The van der Waals surface area contributed by atoms with E-state index in [4.69, 9.17) is 10.5 Å². The van der Waals surface area contributed by atoms with Crippen molar-refractivity contribution in [1.82, 2.24) is 0 Å². The van der Waals surface area contributed by atoms with Crippen molar-refractivity contribution < 1.29 is 14.6 Å². The summed E-state index contributed by atoms with van der Waals surface area (Å²) in [6.45, 7) is 0. The molecule has 0 aliphatic heterocycles. The van der Waals surface area contributed by atoms with Gasteiger partial charge in [0.1, 0.15) is 5.75 Å². The number of benzene rings is 2. The Bertz CT molecular complexity index is 705. The first-order valence-electron chi connectivity index (χ1n) is 5.85. The van der Waals surface area contributed by atoms with Gasteiger partial charge in [0.2, 0.25) is 0 Å². The molecule has 0 fully saturated rings. The molecule has 110 valence electrons. The van der Waals surface area contributed by atoms with Crippen LogP contribution in [0, 0.1) is 0 Å². The van der Waals surface area contributed by atoms with Crippen LogP contribution in [0.15, 0.2) is 39.3 Å². The van der Waals surface area contributed by atoms with E-state index in [0.29, 0.717) is 22.8 Å². The lowest BCUT2D eigenvalue weighted by Crippen LogP contribution is -2.04. The Morgan fingerprint density at radius 1 is 1.19 bits per heavy atom. The van der Waals surface area contributed by atoms with Gasteiger partial charge >= 0.3 is 5.97 Å². The second-order valence-corrected chi connectivity index (χ2v) is 5.91. The van der Waals surface area contributed by atoms with Crippen molar-refractivity contribution in [3.63, 3.8) is 0 Å². The molecule has 0 aromatic heterocycles. The van der Waals surface area contributed by atoms with E-state index in [1.54, 1.807) is 25.3 Å². The average molecular weight is 416 g/mol. The molecule has 0 heterocycles. The predicted octanol–water partition coefficient (Wildman–Crippen LogP) is 4.24. The highest BCUT2D eigenvalue weighted by atomic mass is 79.9. The van der Waals surface area contributed by atoms with Gasteiger partial charge in [-0.3, -0.25) is 0 Å². The smallest absolute Gasteiger partial charge is 0.337 e. The van der Waals surface area contributed by atoms with Crippen LogP contribution >= 0.6 is 31.9 Å². The zero-order valence-corrected chi connectivity index (χ0v) is 14.2. The molecule has 7 heteroatoms. The van der Waals surface area contributed by atoms with Crippen LogP contribution in [0.3, 0.4) is 0 Å². The number of halogens is 2. The molecule has 2 aromatic rings. The number of ether oxygens (including phenoxy) is 1. The highest BCUT2D eigenvalue weighted by molar-refractivity contribution is 9.11. The number of carboxylic acids is 1. The highest BCUT2D eigenvalue weighted by Crippen LogP contribution is 2.36. The van der Waals surface area contributed by atoms with E-state index in [1.165, 1.54) is 6.07 Å². The Morgan fingerprint density at radius 3 is 2.52 bits per heavy atom. The summed E-state index contributed by atoms with van der Waals surface area (Å²) in [5, 5.41) is 12.3. The summed E-state index contributed by atoms with van der Waals surface area (Å²) in [5.74, 6) is -0.404. The lowest BCUT2D eigenvalue weighted by Gasteiger charge is -2.14. The summed E-state index contributed by atoms with van der Waals surface area (Å²) in [4.78, 5) is 11.3. The predicted molar refractivity (Wildman–Crippen MR) is 89.5 cm³/mol. The van der Waals surface area contributed by atoms with Gasteiger partial charge in [-0.25, -0.2) is 4.79 Å². The number of hydrogen-bond acceptors (Lipinski definition) is 4. The third kappa shape index (κ3) is 3.48. The summed E-state index contributed by atoms with van der Waals surface area (Å²) in [7, 11) is 1.56. The minimum absolute atomic E-state index is 0.137. The fourth-order valence-electron chi connectivity index (χ4n) is 1.78. The molecular weight excluding hydrogens is 404 g/mol. The van der Waals surface area contributed by atoms with Crippen molar-refractivity contribution in [3.8, 4) is 5.75 Å². The summed E-state index contributed by atoms with van der Waals surface area (Å²) < 4.78 is 6.77. The lowest BCUT2D eigenvalue weighted by atomic mass is 10.1. The first-order chi connectivity index (χ1) is 9.92. The molecule has 0 amide bonds. The van der Waals surface area contributed by atoms with E-state index in [2.05, 4.69) is 37.2 Å². The van der Waals surface area contributed by atoms with Gasteiger partial charge in [-0.15, -0.1) is 0 Å². The molecular formula is C14H12Br2N2O3. The van der Waals surface area contributed by atoms with Crippen LogP contribution in [-0.2, 0) is 0 Å². The second kappa shape index (κ2) is 6.36. The second-order valence-electron chi connectivity index (χ2n) is 4.20. The molecule has 2 aromatic carbocycles. The summed E-state index contributed by atoms with van der Waals surface area (Å²) >= 11 is 6.80. The average Bonchev–Trinajstić information content (AvgIpc) is 2.41. The molecule has 0 aliphatic carbocycles. The van der Waals surface area contributed by atoms with Gasteiger partial charge in [-0.2, -0.15) is 0 Å². The molecule has 5 nitrogen and oxygen atoms in total. The number of nitrogens with one attached hydrogen (secondary N) is 1. The SMILES string of the molecule is COc1cc(Nc2cc(N)ccc2C(=O)O)c(Br)cc1Br. The number of carbonyl (C=O) groups is 1. The van der Waals surface area contributed by atoms with Gasteiger partial charge in [-0.1, -0.05) is 0 Å². The van der Waals surface area contributed by atoms with Crippen molar-refractivity contribution in [1.29, 1.82) is 0 Å². The summed E-state index contributed by atoms with van der Waals surface area (Å²) in [6, 6.07) is 8.15. The highest BCUT2D eigenvalue weighted by Gasteiger charge is 2.13. The van der Waals surface area contributed by atoms with E-state index in [1.807, 2.05) is 6.07 Å². The third-order valence-corrected chi connectivity index (χ3v) is 4.06. The Labute approximate surface area is 138 Å². The molecule has 0 atom stereocenters. The number of aromatic carboxylic acids is 1. The van der Waals surface area contributed by atoms with Gasteiger partial charge < -0.3 is 20.9 Å². The van der Waals surface area contributed by atoms with Gasteiger partial charge in [0.25, 0.3) is 0 Å². The number of methoxy groups -OCH3 is 1. The van der Waals surface area contributed by atoms with Crippen LogP contribution in [0.2, 0.25) is 0 Å². The Morgan fingerprint density at radius 2 is 1.90 bits per heavy atom. The van der Waals surface area contributed by atoms with Crippen LogP contribution in [0.1, 0.15) is 10.4 Å². The fourth-order valence-corrected chi connectivity index (χ4v) is 3.03. The molecule has 0 bridgehead atoms. The van der Waals surface area contributed by atoms with E-state index < -0.39 is 5.97 Å². The standard InChI is InChI=1S/C14H12Br2N2O3/c1-21-13-6-12(9(15)5-10(13)16)18-11-4-7(17)2-3-8(11)14(19)20/h2-6,18H,17H2,1H3,(H,19,20). The largest absolute Gasteiger partial charge is 0.495 e. The Hall–Kier alpha value is -1.73. The number of carboxylic acid groups (broad SMARTS) is 1. The lowest BCUT2D eigenvalue weighted by molar-refractivity contribution is 0.0698. The van der Waals surface area contributed by atoms with Gasteiger partial charge in [0, 0.05) is 16.2 Å². The van der Waals surface area contributed by atoms with Crippen LogP contribution < -0.4 is 15.8 Å². The summed E-state index contributed by atoms with van der Waals surface area (Å²) in [6.07, 6.45) is 0. The maximum absolute atomic E-state index is 11.3. The topological polar surface area (TPSA) is 84.6 Å². The van der Waals surface area contributed by atoms with E-state index in [-0.39, 0.29) is 5.56 Å². The molecule has 0 radical (unpaired) electrons. The van der Waals surface area contributed by atoms with Crippen LogP contribution in [-0.4, -0.2) is 18.2 Å². The zero-order valence-electron chi connectivity index (χ0n) is 11.0. The first-order valence-corrected chi connectivity index (χ1v) is 7.44. The number of rotatable bonds is 4. The normalized spacial score (nSPS) is 10.2. The van der Waals surface area contributed by atoms with E-state index in [0.717, 1.165) is 8.95 Å². The summed E-state index contributed by atoms with van der Waals surface area (Å²) in [5.41, 5.74) is 7.41. The maximum atomic E-state index is 11.3. The number of nitrogens with two attached hydrogens (primary N) is 1. The Kier molecular flexibility index (Phi) is 4.74. The molecule has 0 aliphatic rings. The quantitative estimate of drug-likeness (QED) is 0.650. The van der Waals surface area contributed by atoms with Crippen molar-refractivity contribution in [3.05, 3.63) is 44.8 Å². The van der Waals surface area contributed by atoms with Crippen LogP contribution in [0.4, 0.5) is 17.1 Å². The molecule has 0 saturated heterocycles. The van der Waals surface area contributed by atoms with Crippen molar-refractivity contribution >= 4 is 54.9 Å². The molecule has 0 spiro atoms. The third-order valence-electron chi connectivity index (χ3n) is 2.78. The first kappa shape index (κ1) is 15.7. The number of anilines is 3. The maximum Gasteiger partial charge on any atom is 0.337 e. The van der Waals surface area contributed by atoms with E-state index in [9.17, 15) is 9.90 Å². The zero-order chi connectivity index (χ0) is 15.6. The molecule has 4 N–H and O–H groups in total. The van der Waals surface area contributed by atoms with E-state index >= 15 is 0 Å². The molecule has 0 saturated carbocycles. The van der Waals surface area contributed by atoms with Crippen LogP contribution in [0.25, 0.3) is 0 Å². The van der Waals surface area contributed by atoms with Crippen LogP contribution in [0.5, 0.6) is 5.75 Å². The monoisotopic (exact) mass is 414 g/mol. The van der Waals surface area contributed by atoms with Crippen molar-refractivity contribution in [2.45, 2.75) is 0 Å². The minimum atomic E-state index is -1.03. The van der Waals surface area contributed by atoms with Gasteiger partial charge in [0.15, 0.2) is 0 Å². The molecule has 0 unspecified atom stereocenters. The van der Waals surface area contributed by atoms with Crippen molar-refractivity contribution in [2.75, 3.05) is 18.2 Å².